The van der Waals surface area contributed by atoms with E-state index in [4.69, 9.17) is 28.7 Å². The smallest absolute Gasteiger partial charge is 0.409 e. The van der Waals surface area contributed by atoms with Gasteiger partial charge in [-0.25, -0.2) is 4.79 Å². The fraction of sp³-hybridized carbons (Fsp3) is 0.500. The van der Waals surface area contributed by atoms with E-state index in [1.165, 1.54) is 156 Å². The lowest BCUT2D eigenvalue weighted by atomic mass is 10.0. The number of carbonyl (C=O) groups is 17. The summed E-state index contributed by atoms with van der Waals surface area (Å²) in [6.45, 7) is 0.816. The highest BCUT2D eigenvalue weighted by molar-refractivity contribution is 6.15. The zero-order valence-corrected chi connectivity index (χ0v) is 72.7. The van der Waals surface area contributed by atoms with Crippen molar-refractivity contribution in [3.8, 4) is 23.0 Å². The molecule has 17 amide bonds. The van der Waals surface area contributed by atoms with Crippen LogP contribution in [-0.2, 0) is 101 Å². The molecule has 0 saturated heterocycles. The highest BCUT2D eigenvalue weighted by Crippen LogP contribution is 2.40. The quantitative estimate of drug-likeness (QED) is 0.0249. The Kier molecular flexibility index (Phi) is 34.3. The van der Waals surface area contributed by atoms with Crippen molar-refractivity contribution in [3.05, 3.63) is 82.3 Å². The molecule has 2 aliphatic heterocycles. The molecule has 4 heterocycles. The number of nitrogens with zero attached hydrogens (tertiary/aromatic N) is 15. The molecule has 0 aliphatic carbocycles. The normalized spacial score (nSPS) is 12.4. The molecule has 2 atom stereocenters. The Morgan fingerprint density at radius 2 is 0.911 bits per heavy atom. The summed E-state index contributed by atoms with van der Waals surface area (Å²) in [5.41, 5.74) is 1.44. The molecule has 0 spiro atoms. The second kappa shape index (κ2) is 43.6. The van der Waals surface area contributed by atoms with Gasteiger partial charge in [-0.15, -0.1) is 0 Å². The highest BCUT2D eigenvalue weighted by Gasteiger charge is 2.32. The first-order chi connectivity index (χ1) is 57.9. The molecule has 41 nitrogen and oxygen atoms in total. The first kappa shape index (κ1) is 96.6. The van der Waals surface area contributed by atoms with Gasteiger partial charge in [0.25, 0.3) is 17.4 Å². The van der Waals surface area contributed by atoms with E-state index in [1.54, 1.807) is 50.4 Å². The molecule has 0 saturated carbocycles. The van der Waals surface area contributed by atoms with Gasteiger partial charge in [-0.05, 0) is 67.1 Å². The van der Waals surface area contributed by atoms with Crippen LogP contribution in [0.5, 0.6) is 23.0 Å². The van der Waals surface area contributed by atoms with Gasteiger partial charge in [-0.1, -0.05) is 26.3 Å². The van der Waals surface area contributed by atoms with E-state index in [0.717, 1.165) is 49.0 Å². The Morgan fingerprint density at radius 1 is 0.472 bits per heavy atom. The SMILES string of the molecule is COc1cc2c(=O)n(CCN(C)C(=O)OCc3ccc(NC(=O)[C@H](C)NC(=O)C(NC(=O)CCCCCN4C(=O)C=CC4=O)C(C)C)cc3CN(C)C(=O)CN(C)C(=O)CN(C)C(=O)CN(C)C(=O)CN(C)C(=O)CN(C)C(=O)CN(C)C(=O)CN(C)C(=O)CN(C)C(=O)CN(C)C(=O)CN(C)C(C)=O)c3c4cc5c(cc4ncc3c2cc1OC)OCO5. The van der Waals surface area contributed by atoms with Gasteiger partial charge in [0.1, 0.15) is 18.7 Å². The predicted octanol–water partition coefficient (Wildman–Crippen LogP) is -0.651. The van der Waals surface area contributed by atoms with Crippen molar-refractivity contribution in [3.63, 3.8) is 0 Å². The molecule has 7 rings (SSSR count). The van der Waals surface area contributed by atoms with Gasteiger partial charge in [-0.2, -0.15) is 0 Å². The van der Waals surface area contributed by atoms with Crippen molar-refractivity contribution in [1.82, 2.24) is 83.9 Å². The Labute approximate surface area is 710 Å². The molecule has 41 heteroatoms. The first-order valence-corrected chi connectivity index (χ1v) is 39.3. The zero-order valence-electron chi connectivity index (χ0n) is 72.7. The van der Waals surface area contributed by atoms with E-state index in [2.05, 4.69) is 16.0 Å². The van der Waals surface area contributed by atoms with Crippen molar-refractivity contribution in [2.24, 2.45) is 5.92 Å². The number of nitrogens with one attached hydrogen (secondary N) is 3. The molecule has 2 aliphatic rings. The topological polar surface area (TPSA) is 449 Å². The molecule has 0 bridgehead atoms. The molecule has 1 unspecified atom stereocenters. The van der Waals surface area contributed by atoms with E-state index in [0.29, 0.717) is 80.6 Å². The van der Waals surface area contributed by atoms with E-state index in [1.807, 2.05) is 0 Å². The lowest BCUT2D eigenvalue weighted by Gasteiger charge is -2.27. The minimum atomic E-state index is -1.18. The van der Waals surface area contributed by atoms with E-state index in [-0.39, 0.29) is 69.5 Å². The molecule has 666 valence electrons. The molecule has 2 aromatic heterocycles. The molecular weight excluding hydrogens is 1610 g/mol. The summed E-state index contributed by atoms with van der Waals surface area (Å²) in [6.07, 6.45) is 4.66. The standard InChI is InChI=1S/C82H110N18O23/c1-49(2)77(86-64(102)22-20-19-21-27-99-65(103)25-26-66(99)104)80(116)84-50(3)79(115)85-54-24-23-52(47-121-82(118)87(5)28-29-100-78-57-33-62-63(123-48-122-62)34-59(57)83-35-58(78)55-31-60(119-17)61(120-18)32-56(55)81(100)117)53(30-54)36-89(7)68(106)38-91(9)70(108)40-93(11)72(110)42-95(13)74(112)44-97(15)76(114)46-98(16)75(113)45-96(14)73(111)43-94(12)71(109)41-92(10)69(107)39-90(8)67(105)37-88(6)51(4)101/h23-26,30-35,49-50,77H,19-22,27-29,36-48H2,1-18H3,(H,84,116)(H,85,115)(H,86,102)/t50-,77?/m0/s1. The minimum absolute atomic E-state index is 0.0188. The number of imide groups is 1. The van der Waals surface area contributed by atoms with Crippen LogP contribution < -0.4 is 40.5 Å². The van der Waals surface area contributed by atoms with Crippen LogP contribution >= 0.6 is 0 Å². The molecule has 5 aromatic rings. The van der Waals surface area contributed by atoms with Crippen LogP contribution in [0.1, 0.15) is 64.5 Å². The monoisotopic (exact) mass is 1710 g/mol. The van der Waals surface area contributed by atoms with E-state index in [9.17, 15) is 86.3 Å². The lowest BCUT2D eigenvalue weighted by Crippen LogP contribution is -2.53. The average Bonchev–Trinajstić information content (AvgIpc) is 1.72. The fourth-order valence-electron chi connectivity index (χ4n) is 12.6. The number of hydrogen-bond acceptors (Lipinski definition) is 24. The number of carbonyl (C=O) groups excluding carboxylic acids is 17. The van der Waals surface area contributed by atoms with Crippen molar-refractivity contribution in [2.45, 2.75) is 85.2 Å². The van der Waals surface area contributed by atoms with Crippen molar-refractivity contribution < 1.29 is 105 Å². The summed E-state index contributed by atoms with van der Waals surface area (Å²) < 4.78 is 30.0. The first-order valence-electron chi connectivity index (χ1n) is 39.3. The van der Waals surface area contributed by atoms with E-state index < -0.39 is 177 Å². The Hall–Kier alpha value is -13.5. The maximum atomic E-state index is 14.8. The summed E-state index contributed by atoms with van der Waals surface area (Å²) >= 11 is 0. The fourth-order valence-corrected chi connectivity index (χ4v) is 12.6. The van der Waals surface area contributed by atoms with Gasteiger partial charge >= 0.3 is 6.09 Å². The Morgan fingerprint density at radius 3 is 1.36 bits per heavy atom. The minimum Gasteiger partial charge on any atom is -0.493 e. The van der Waals surface area contributed by atoms with Crippen LogP contribution in [0.25, 0.3) is 32.6 Å². The maximum absolute atomic E-state index is 14.8. The van der Waals surface area contributed by atoms with Crippen molar-refractivity contribution >= 4 is 139 Å². The summed E-state index contributed by atoms with van der Waals surface area (Å²) in [5, 5.41) is 10.1. The number of methoxy groups -OCH3 is 2. The molecule has 123 heavy (non-hydrogen) atoms. The Balaban J connectivity index is 0.947. The second-order valence-corrected chi connectivity index (χ2v) is 30.8. The summed E-state index contributed by atoms with van der Waals surface area (Å²) in [6, 6.07) is 9.08. The van der Waals surface area contributed by atoms with Crippen molar-refractivity contribution in [1.29, 1.82) is 0 Å². The second-order valence-electron chi connectivity index (χ2n) is 30.8. The van der Waals surface area contributed by atoms with Crippen molar-refractivity contribution in [2.75, 3.05) is 189 Å². The third-order valence-electron chi connectivity index (χ3n) is 20.8. The number of pyridine rings is 2. The molecule has 3 aromatic carbocycles. The highest BCUT2D eigenvalue weighted by atomic mass is 16.7. The van der Waals surface area contributed by atoms with Crippen LogP contribution in [0.3, 0.4) is 0 Å². The molecular formula is C82H110N18O23. The maximum Gasteiger partial charge on any atom is 0.409 e. The number of fused-ring (bicyclic) bond motifs is 6. The van der Waals surface area contributed by atoms with Crippen LogP contribution in [-0.4, -0.2) is 370 Å². The predicted molar refractivity (Wildman–Crippen MR) is 445 cm³/mol. The van der Waals surface area contributed by atoms with Gasteiger partial charge in [0, 0.05) is 170 Å². The van der Waals surface area contributed by atoms with E-state index >= 15 is 0 Å². The molecule has 0 radical (unpaired) electrons. The van der Waals surface area contributed by atoms with Crippen LogP contribution in [0.4, 0.5) is 10.5 Å². The molecule has 0 fully saturated rings. The number of benzene rings is 3. The number of amides is 17. The lowest BCUT2D eigenvalue weighted by molar-refractivity contribution is -0.146. The number of rotatable bonds is 41. The average molecular weight is 1720 g/mol. The van der Waals surface area contributed by atoms with Gasteiger partial charge in [0.15, 0.2) is 23.0 Å². The molecule has 3 N–H and O–H groups in total. The number of hydrogen-bond donors (Lipinski definition) is 3. The van der Waals surface area contributed by atoms with Gasteiger partial charge in [0.2, 0.25) is 89.5 Å². The third kappa shape index (κ3) is 26.0. The van der Waals surface area contributed by atoms with Gasteiger partial charge in [-0.3, -0.25) is 91.4 Å². The number of aromatic nitrogens is 2. The number of likely N-dealkylation sites (N-methyl/N-ethyl adjacent to an activating group) is 12. The summed E-state index contributed by atoms with van der Waals surface area (Å²) in [7, 11) is 19.1. The van der Waals surface area contributed by atoms with Gasteiger partial charge in [0.05, 0.1) is 96.1 Å². The largest absolute Gasteiger partial charge is 0.493 e. The zero-order chi connectivity index (χ0) is 91.3. The summed E-state index contributed by atoms with van der Waals surface area (Å²) in [4.78, 5) is 257. The van der Waals surface area contributed by atoms with Gasteiger partial charge < -0.3 is 103 Å². The Bertz CT molecular complexity index is 4990. The number of ether oxygens (including phenoxy) is 5. The third-order valence-corrected chi connectivity index (χ3v) is 20.8. The summed E-state index contributed by atoms with van der Waals surface area (Å²) in [5.74, 6) is -8.18. The van der Waals surface area contributed by atoms with Crippen LogP contribution in [0.2, 0.25) is 0 Å². The number of unbranched alkanes of at least 4 members (excludes halogenated alkanes) is 2. The van der Waals surface area contributed by atoms with Crippen LogP contribution in [0, 0.1) is 5.92 Å². The van der Waals surface area contributed by atoms with Crippen LogP contribution in [0.15, 0.2) is 65.6 Å². The number of anilines is 1.